The minimum atomic E-state index is 0.175. The summed E-state index contributed by atoms with van der Waals surface area (Å²) in [5.41, 5.74) is 0. The molecule has 2 saturated heterocycles. The highest BCUT2D eigenvalue weighted by atomic mass is 16.2. The molecule has 0 aromatic carbocycles. The highest BCUT2D eigenvalue weighted by Gasteiger charge is 2.25. The molecule has 2 fully saturated rings. The summed E-state index contributed by atoms with van der Waals surface area (Å²) < 4.78 is 0. The molecule has 0 radical (unpaired) electrons. The Kier molecular flexibility index (Phi) is 10.5. The summed E-state index contributed by atoms with van der Waals surface area (Å²) in [5.74, 6) is 0. The van der Waals surface area contributed by atoms with Gasteiger partial charge in [-0.25, -0.2) is 9.59 Å². The Hall–Kier alpha value is -1.46. The molecule has 0 saturated carbocycles. The van der Waals surface area contributed by atoms with Crippen LogP contribution in [0, 0.1) is 0 Å². The van der Waals surface area contributed by atoms with Gasteiger partial charge >= 0.3 is 12.1 Å². The van der Waals surface area contributed by atoms with Gasteiger partial charge in [0.1, 0.15) is 0 Å². The summed E-state index contributed by atoms with van der Waals surface area (Å²) in [7, 11) is 0. The number of carbonyl (C=O) groups excluding carboxylic acids is 2. The Labute approximate surface area is 172 Å². The molecule has 0 unspecified atom stereocenters. The van der Waals surface area contributed by atoms with Gasteiger partial charge in [-0.2, -0.15) is 0 Å². The molecule has 0 aromatic heterocycles. The SMILES string of the molecule is CCCCN(CCN(CCCC)C(=O)N1CCCCC1)C(=O)N1CCCCC1. The molecule has 6 heteroatoms. The van der Waals surface area contributed by atoms with Crippen LogP contribution >= 0.6 is 0 Å². The van der Waals surface area contributed by atoms with Crippen molar-refractivity contribution in [2.45, 2.75) is 78.1 Å². The van der Waals surface area contributed by atoms with Crippen LogP contribution in [0.4, 0.5) is 9.59 Å². The zero-order chi connectivity index (χ0) is 20.2. The van der Waals surface area contributed by atoms with Crippen LogP contribution in [0.3, 0.4) is 0 Å². The number of carbonyl (C=O) groups is 2. The van der Waals surface area contributed by atoms with Gasteiger partial charge in [0.05, 0.1) is 0 Å². The molecule has 0 N–H and O–H groups in total. The van der Waals surface area contributed by atoms with E-state index in [1.54, 1.807) is 0 Å². The van der Waals surface area contributed by atoms with E-state index in [0.717, 1.165) is 90.6 Å². The van der Waals surface area contributed by atoms with Gasteiger partial charge in [-0.3, -0.25) is 0 Å². The Morgan fingerprint density at radius 3 is 1.29 bits per heavy atom. The average molecular weight is 395 g/mol. The Balaban J connectivity index is 1.95. The van der Waals surface area contributed by atoms with Crippen LogP contribution in [0.15, 0.2) is 0 Å². The lowest BCUT2D eigenvalue weighted by atomic mass is 10.1. The number of likely N-dealkylation sites (tertiary alicyclic amines) is 2. The molecular formula is C22H42N4O2. The maximum atomic E-state index is 13.0. The number of unbranched alkanes of at least 4 members (excludes halogenated alkanes) is 2. The molecule has 0 spiro atoms. The third-order valence-electron chi connectivity index (χ3n) is 6.00. The maximum absolute atomic E-state index is 13.0. The van der Waals surface area contributed by atoms with Crippen molar-refractivity contribution in [2.24, 2.45) is 0 Å². The van der Waals surface area contributed by atoms with Crippen molar-refractivity contribution in [1.29, 1.82) is 0 Å². The zero-order valence-corrected chi connectivity index (χ0v) is 18.3. The molecule has 4 amide bonds. The zero-order valence-electron chi connectivity index (χ0n) is 18.3. The van der Waals surface area contributed by atoms with Gasteiger partial charge in [0.25, 0.3) is 0 Å². The van der Waals surface area contributed by atoms with Crippen molar-refractivity contribution in [2.75, 3.05) is 52.4 Å². The predicted molar refractivity (Wildman–Crippen MR) is 115 cm³/mol. The van der Waals surface area contributed by atoms with Gasteiger partial charge in [-0.05, 0) is 51.4 Å². The number of hydrogen-bond acceptors (Lipinski definition) is 2. The van der Waals surface area contributed by atoms with Gasteiger partial charge < -0.3 is 19.6 Å². The first-order valence-corrected chi connectivity index (χ1v) is 11.7. The van der Waals surface area contributed by atoms with Crippen LogP contribution in [0.2, 0.25) is 0 Å². The highest BCUT2D eigenvalue weighted by Crippen LogP contribution is 2.14. The Morgan fingerprint density at radius 1 is 0.607 bits per heavy atom. The van der Waals surface area contributed by atoms with Crippen LogP contribution in [-0.4, -0.2) is 84.0 Å². The normalized spacial score (nSPS) is 17.5. The Morgan fingerprint density at radius 2 is 0.964 bits per heavy atom. The lowest BCUT2D eigenvalue weighted by Gasteiger charge is -2.36. The van der Waals surface area contributed by atoms with Crippen molar-refractivity contribution in [3.63, 3.8) is 0 Å². The van der Waals surface area contributed by atoms with Crippen LogP contribution in [-0.2, 0) is 0 Å². The van der Waals surface area contributed by atoms with E-state index < -0.39 is 0 Å². The molecule has 162 valence electrons. The Bertz CT molecular complexity index is 417. The second kappa shape index (κ2) is 12.9. The summed E-state index contributed by atoms with van der Waals surface area (Å²) in [5, 5.41) is 0. The summed E-state index contributed by atoms with van der Waals surface area (Å²) in [6.07, 6.45) is 11.1. The summed E-state index contributed by atoms with van der Waals surface area (Å²) >= 11 is 0. The highest BCUT2D eigenvalue weighted by molar-refractivity contribution is 5.76. The van der Waals surface area contributed by atoms with Crippen molar-refractivity contribution in [1.82, 2.24) is 19.6 Å². The van der Waals surface area contributed by atoms with E-state index >= 15 is 0 Å². The molecule has 6 nitrogen and oxygen atoms in total. The van der Waals surface area contributed by atoms with Crippen molar-refractivity contribution >= 4 is 12.1 Å². The van der Waals surface area contributed by atoms with Crippen molar-refractivity contribution in [3.05, 3.63) is 0 Å². The topological polar surface area (TPSA) is 47.1 Å². The first-order chi connectivity index (χ1) is 13.7. The molecule has 0 aliphatic carbocycles. The minimum absolute atomic E-state index is 0.175. The van der Waals surface area contributed by atoms with Crippen molar-refractivity contribution < 1.29 is 9.59 Å². The second-order valence-electron chi connectivity index (χ2n) is 8.34. The third-order valence-corrected chi connectivity index (χ3v) is 6.00. The molecule has 0 bridgehead atoms. The molecule has 2 rings (SSSR count). The lowest BCUT2D eigenvalue weighted by Crippen LogP contribution is -2.51. The smallest absolute Gasteiger partial charge is 0.320 e. The van der Waals surface area contributed by atoms with E-state index in [1.165, 1.54) is 12.8 Å². The molecule has 28 heavy (non-hydrogen) atoms. The van der Waals surface area contributed by atoms with Gasteiger partial charge in [-0.1, -0.05) is 26.7 Å². The molecule has 2 aliphatic heterocycles. The van der Waals surface area contributed by atoms with Gasteiger partial charge in [0, 0.05) is 52.4 Å². The fraction of sp³-hybridized carbons (Fsp3) is 0.909. The van der Waals surface area contributed by atoms with Gasteiger partial charge in [-0.15, -0.1) is 0 Å². The second-order valence-corrected chi connectivity index (χ2v) is 8.34. The fourth-order valence-electron chi connectivity index (χ4n) is 4.12. The average Bonchev–Trinajstić information content (AvgIpc) is 2.76. The largest absolute Gasteiger partial charge is 0.325 e. The van der Waals surface area contributed by atoms with E-state index in [-0.39, 0.29) is 12.1 Å². The lowest BCUT2D eigenvalue weighted by molar-refractivity contribution is 0.123. The molecule has 2 heterocycles. The summed E-state index contributed by atoms with van der Waals surface area (Å²) in [6, 6.07) is 0.350. The van der Waals surface area contributed by atoms with E-state index in [9.17, 15) is 9.59 Å². The number of amides is 4. The first-order valence-electron chi connectivity index (χ1n) is 11.7. The first kappa shape index (κ1) is 22.8. The molecule has 0 aromatic rings. The van der Waals surface area contributed by atoms with Crippen LogP contribution in [0.5, 0.6) is 0 Å². The predicted octanol–water partition coefficient (Wildman–Crippen LogP) is 4.40. The number of piperidine rings is 2. The standard InChI is InChI=1S/C22H42N4O2/c1-3-5-13-25(21(27)23-15-9-7-10-16-23)19-20-26(14-6-4-2)22(28)24-17-11-8-12-18-24/h3-20H2,1-2H3. The number of urea groups is 2. The number of hydrogen-bond donors (Lipinski definition) is 0. The monoisotopic (exact) mass is 394 g/mol. The molecular weight excluding hydrogens is 352 g/mol. The quantitative estimate of drug-likeness (QED) is 0.582. The van der Waals surface area contributed by atoms with Crippen LogP contribution < -0.4 is 0 Å². The summed E-state index contributed by atoms with van der Waals surface area (Å²) in [6.45, 7) is 10.8. The van der Waals surface area contributed by atoms with Crippen molar-refractivity contribution in [3.8, 4) is 0 Å². The van der Waals surface area contributed by atoms with Gasteiger partial charge in [0.2, 0.25) is 0 Å². The minimum Gasteiger partial charge on any atom is -0.325 e. The van der Waals surface area contributed by atoms with E-state index in [2.05, 4.69) is 13.8 Å². The molecule has 0 atom stereocenters. The summed E-state index contributed by atoms with van der Waals surface area (Å²) in [4.78, 5) is 34.1. The van der Waals surface area contributed by atoms with E-state index in [0.29, 0.717) is 13.1 Å². The fourth-order valence-corrected chi connectivity index (χ4v) is 4.12. The third kappa shape index (κ3) is 7.17. The van der Waals surface area contributed by atoms with Crippen LogP contribution in [0.25, 0.3) is 0 Å². The van der Waals surface area contributed by atoms with E-state index in [1.807, 2.05) is 19.6 Å². The van der Waals surface area contributed by atoms with Gasteiger partial charge in [0.15, 0.2) is 0 Å². The number of rotatable bonds is 9. The number of nitrogens with zero attached hydrogens (tertiary/aromatic N) is 4. The van der Waals surface area contributed by atoms with Crippen LogP contribution in [0.1, 0.15) is 78.1 Å². The maximum Gasteiger partial charge on any atom is 0.320 e. The van der Waals surface area contributed by atoms with E-state index in [4.69, 9.17) is 0 Å². The molecule has 2 aliphatic rings.